The molecule has 45 heavy (non-hydrogen) atoms. The van der Waals surface area contributed by atoms with E-state index in [0.29, 0.717) is 43.4 Å². The molecule has 1 aromatic carbocycles. The molecule has 2 aliphatic carbocycles. The van der Waals surface area contributed by atoms with Crippen LogP contribution in [0.1, 0.15) is 72.4 Å². The van der Waals surface area contributed by atoms with Gasteiger partial charge in [-0.1, -0.05) is 27.7 Å². The fraction of sp³-hybridized carbons (Fsp3) is 0.667. The van der Waals surface area contributed by atoms with E-state index in [1.54, 1.807) is 18.2 Å². The molecule has 2 saturated carbocycles. The standard InChI is InChI=1S/C33H42F2N4O6/c1-7-20-25-15-39(26(20)16(2)40)30(41)28(32(3,4)5)38-31(42)45-24-13-18(24)9-8-17-12-21(17)33(34,35)27-29(44-25)37-23-14-19(43-6)10-11-22(23)36-27/h10-11,14,17-18,20-21,24-26,28H,7-9,12-13,15H2,1-6H3,(H,38,42)/t17?,18-,20-,21?,24-,25+,26-,28-/m1/s1. The molecule has 2 amide bonds. The summed E-state index contributed by atoms with van der Waals surface area (Å²) in [4.78, 5) is 50.7. The van der Waals surface area contributed by atoms with Crippen molar-refractivity contribution in [2.24, 2.45) is 29.1 Å². The lowest BCUT2D eigenvalue weighted by atomic mass is 9.85. The van der Waals surface area contributed by atoms with Gasteiger partial charge in [0.1, 0.15) is 24.0 Å². The topological polar surface area (TPSA) is 120 Å². The van der Waals surface area contributed by atoms with E-state index in [1.807, 2.05) is 27.7 Å². The van der Waals surface area contributed by atoms with E-state index in [2.05, 4.69) is 15.3 Å². The lowest BCUT2D eigenvalue weighted by molar-refractivity contribution is -0.141. The van der Waals surface area contributed by atoms with Gasteiger partial charge in [0.05, 0.1) is 30.7 Å². The molecule has 8 atom stereocenters. The minimum absolute atomic E-state index is 0.0511. The molecule has 1 aromatic heterocycles. The van der Waals surface area contributed by atoms with Crippen LogP contribution >= 0.6 is 0 Å². The molecule has 0 spiro atoms. The van der Waals surface area contributed by atoms with Crippen LogP contribution in [0.25, 0.3) is 11.0 Å². The lowest BCUT2D eigenvalue weighted by Gasteiger charge is -2.35. The Balaban J connectivity index is 1.44. The fourth-order valence-electron chi connectivity index (χ4n) is 7.21. The quantitative estimate of drug-likeness (QED) is 0.489. The fourth-order valence-corrected chi connectivity index (χ4v) is 7.21. The molecular formula is C33H42F2N4O6. The SMILES string of the molecule is CC[C@@H]1[C@@H]2CN(C(=O)[C@H](C(C)(C)C)NC(=O)O[C@@H]3C[C@H]3CCC3CC3C(F)(F)c3nc4ccc(OC)cc4nc3O2)[C@@H]1C(C)=O. The number of amides is 2. The first-order chi connectivity index (χ1) is 21.2. The summed E-state index contributed by atoms with van der Waals surface area (Å²) in [5.41, 5.74) is -0.632. The smallest absolute Gasteiger partial charge is 0.408 e. The number of hydrogen-bond acceptors (Lipinski definition) is 8. The van der Waals surface area contributed by atoms with Crippen LogP contribution in [-0.4, -0.2) is 70.6 Å². The number of ketones is 1. The minimum atomic E-state index is -3.32. The molecule has 2 unspecified atom stereocenters. The van der Waals surface area contributed by atoms with Crippen LogP contribution in [0.2, 0.25) is 0 Å². The molecule has 244 valence electrons. The zero-order valence-electron chi connectivity index (χ0n) is 26.6. The number of halogens is 2. The van der Waals surface area contributed by atoms with Crippen molar-refractivity contribution < 1.29 is 37.4 Å². The molecule has 2 aliphatic heterocycles. The number of nitrogens with zero attached hydrogens (tertiary/aromatic N) is 3. The van der Waals surface area contributed by atoms with Gasteiger partial charge in [-0.15, -0.1) is 0 Å². The third-order valence-corrected chi connectivity index (χ3v) is 9.97. The van der Waals surface area contributed by atoms with Crippen molar-refractivity contribution in [3.63, 3.8) is 0 Å². The summed E-state index contributed by atoms with van der Waals surface area (Å²) in [7, 11) is 1.50. The van der Waals surface area contributed by atoms with Crippen molar-refractivity contribution in [2.75, 3.05) is 13.7 Å². The van der Waals surface area contributed by atoms with Crippen molar-refractivity contribution in [3.8, 4) is 11.6 Å². The monoisotopic (exact) mass is 628 g/mol. The van der Waals surface area contributed by atoms with Crippen molar-refractivity contribution >= 4 is 28.8 Å². The van der Waals surface area contributed by atoms with Gasteiger partial charge < -0.3 is 24.4 Å². The second-order valence-corrected chi connectivity index (χ2v) is 14.2. The van der Waals surface area contributed by atoms with Crippen molar-refractivity contribution in [2.45, 2.75) is 96.9 Å². The Bertz CT molecular complexity index is 1510. The summed E-state index contributed by atoms with van der Waals surface area (Å²) in [6.07, 6.45) is 0.847. The number of alkyl carbamates (subject to hydrolysis) is 1. The number of benzene rings is 1. The Morgan fingerprint density at radius 1 is 1.09 bits per heavy atom. The first kappa shape index (κ1) is 31.4. The highest BCUT2D eigenvalue weighted by atomic mass is 19.3. The van der Waals surface area contributed by atoms with Gasteiger partial charge in [0.2, 0.25) is 11.8 Å². The van der Waals surface area contributed by atoms with Crippen LogP contribution in [0, 0.1) is 29.1 Å². The molecule has 2 bridgehead atoms. The Labute approximate surface area is 261 Å². The number of carbonyl (C=O) groups is 3. The number of ether oxygens (including phenoxy) is 3. The van der Waals surface area contributed by atoms with E-state index in [4.69, 9.17) is 14.2 Å². The maximum atomic E-state index is 16.4. The molecule has 6 rings (SSSR count). The van der Waals surface area contributed by atoms with Gasteiger partial charge in [0.15, 0.2) is 11.5 Å². The molecule has 1 saturated heterocycles. The van der Waals surface area contributed by atoms with Gasteiger partial charge in [-0.25, -0.2) is 14.8 Å². The van der Waals surface area contributed by atoms with Crippen molar-refractivity contribution in [1.29, 1.82) is 0 Å². The van der Waals surface area contributed by atoms with Crippen molar-refractivity contribution in [3.05, 3.63) is 23.9 Å². The zero-order chi connectivity index (χ0) is 32.4. The molecule has 0 radical (unpaired) electrons. The Morgan fingerprint density at radius 2 is 1.82 bits per heavy atom. The van der Waals surface area contributed by atoms with Gasteiger partial charge >= 0.3 is 6.09 Å². The Kier molecular flexibility index (Phi) is 7.92. The second-order valence-electron chi connectivity index (χ2n) is 14.2. The first-order valence-electron chi connectivity index (χ1n) is 15.9. The van der Waals surface area contributed by atoms with Gasteiger partial charge in [-0.2, -0.15) is 8.78 Å². The largest absolute Gasteiger partial charge is 0.497 e. The van der Waals surface area contributed by atoms with Gasteiger partial charge in [0.25, 0.3) is 5.92 Å². The number of carbonyl (C=O) groups excluding carboxylic acids is 3. The number of fused-ring (bicyclic) bond motifs is 6. The van der Waals surface area contributed by atoms with Gasteiger partial charge in [0, 0.05) is 17.9 Å². The highest BCUT2D eigenvalue weighted by Crippen LogP contribution is 2.58. The van der Waals surface area contributed by atoms with Crippen LogP contribution in [0.3, 0.4) is 0 Å². The number of rotatable bonds is 3. The molecule has 2 aromatic rings. The van der Waals surface area contributed by atoms with Crippen LogP contribution in [0.4, 0.5) is 13.6 Å². The van der Waals surface area contributed by atoms with E-state index < -0.39 is 59.1 Å². The number of methoxy groups -OCH3 is 1. The number of Topliss-reactive ketones (excluding diaryl/α,β-unsaturated/α-hetero) is 1. The van der Waals surface area contributed by atoms with E-state index in [1.165, 1.54) is 18.9 Å². The lowest BCUT2D eigenvalue weighted by Crippen LogP contribution is -2.57. The average molecular weight is 629 g/mol. The zero-order valence-corrected chi connectivity index (χ0v) is 26.6. The summed E-state index contributed by atoms with van der Waals surface area (Å²) < 4.78 is 50.1. The third-order valence-electron chi connectivity index (χ3n) is 9.97. The highest BCUT2D eigenvalue weighted by Gasteiger charge is 2.59. The first-order valence-corrected chi connectivity index (χ1v) is 15.9. The van der Waals surface area contributed by atoms with Crippen LogP contribution in [-0.2, 0) is 20.2 Å². The predicted molar refractivity (Wildman–Crippen MR) is 160 cm³/mol. The van der Waals surface area contributed by atoms with Crippen molar-refractivity contribution in [1.82, 2.24) is 20.2 Å². The molecule has 3 heterocycles. The molecule has 1 N–H and O–H groups in total. The normalized spacial score (nSPS) is 32.9. The van der Waals surface area contributed by atoms with E-state index >= 15 is 8.78 Å². The van der Waals surface area contributed by atoms with Gasteiger partial charge in [-0.3, -0.25) is 9.59 Å². The molecule has 12 heteroatoms. The molecule has 10 nitrogen and oxygen atoms in total. The van der Waals surface area contributed by atoms with Crippen LogP contribution in [0.5, 0.6) is 11.6 Å². The third kappa shape index (κ3) is 5.92. The Hall–Kier alpha value is -3.57. The summed E-state index contributed by atoms with van der Waals surface area (Å²) in [6, 6.07) is 2.97. The molecule has 3 fully saturated rings. The summed E-state index contributed by atoms with van der Waals surface area (Å²) >= 11 is 0. The number of hydrogen-bond donors (Lipinski definition) is 1. The number of nitrogens with one attached hydrogen (secondary N) is 1. The number of aromatic nitrogens is 2. The van der Waals surface area contributed by atoms with Gasteiger partial charge in [-0.05, 0) is 68.4 Å². The molecule has 4 aliphatic rings. The minimum Gasteiger partial charge on any atom is -0.497 e. The average Bonchev–Trinajstić information content (AvgIpc) is 3.88. The maximum Gasteiger partial charge on any atom is 0.408 e. The predicted octanol–water partition coefficient (Wildman–Crippen LogP) is 5.26. The summed E-state index contributed by atoms with van der Waals surface area (Å²) in [6.45, 7) is 8.69. The maximum absolute atomic E-state index is 16.4. The summed E-state index contributed by atoms with van der Waals surface area (Å²) in [5, 5.41) is 2.78. The van der Waals surface area contributed by atoms with Crippen LogP contribution in [0.15, 0.2) is 18.2 Å². The van der Waals surface area contributed by atoms with Crippen LogP contribution < -0.4 is 14.8 Å². The second kappa shape index (κ2) is 11.3. The van der Waals surface area contributed by atoms with E-state index in [9.17, 15) is 14.4 Å². The summed E-state index contributed by atoms with van der Waals surface area (Å²) in [5.74, 6) is -5.40. The van der Waals surface area contributed by atoms with E-state index in [0.717, 1.165) is 0 Å². The van der Waals surface area contributed by atoms with E-state index in [-0.39, 0.29) is 41.7 Å². The Morgan fingerprint density at radius 3 is 2.49 bits per heavy atom. The number of alkyl halides is 2. The molecular weight excluding hydrogens is 586 g/mol. The highest BCUT2D eigenvalue weighted by molar-refractivity contribution is 5.92.